The third kappa shape index (κ3) is 2.37. The molecule has 1 heterocycles. The van der Waals surface area contributed by atoms with Crippen molar-refractivity contribution in [1.82, 2.24) is 9.78 Å². The Kier molecular flexibility index (Phi) is 3.38. The number of hydrogen-bond donors (Lipinski definition) is 0. The van der Waals surface area contributed by atoms with Crippen LogP contribution in [0.3, 0.4) is 0 Å². The normalized spacial score (nSPS) is 10.9. The number of aromatic nitrogens is 2. The lowest BCUT2D eigenvalue weighted by atomic mass is 10.1. The van der Waals surface area contributed by atoms with Crippen molar-refractivity contribution < 1.29 is 0 Å². The minimum absolute atomic E-state index is 0.336. The molecule has 0 N–H and O–H groups in total. The molecule has 100 valence electrons. The lowest BCUT2D eigenvalue weighted by molar-refractivity contribution is 0.540. The highest BCUT2D eigenvalue weighted by Crippen LogP contribution is 2.28. The van der Waals surface area contributed by atoms with Crippen LogP contribution in [0.2, 0.25) is 0 Å². The second kappa shape index (κ2) is 5.33. The SMILES string of the molecule is CC(C)n1nc(-c2ccccc2)cc1-c1ccccc1. The molecule has 2 aromatic carbocycles. The molecule has 3 rings (SSSR count). The first-order valence-electron chi connectivity index (χ1n) is 6.96. The van der Waals surface area contributed by atoms with Gasteiger partial charge < -0.3 is 0 Å². The van der Waals surface area contributed by atoms with Gasteiger partial charge in [-0.2, -0.15) is 5.10 Å². The van der Waals surface area contributed by atoms with Crippen molar-refractivity contribution in [3.63, 3.8) is 0 Å². The molecule has 2 nitrogen and oxygen atoms in total. The minimum atomic E-state index is 0.336. The maximum atomic E-state index is 4.77. The molecular weight excluding hydrogens is 244 g/mol. The summed E-state index contributed by atoms with van der Waals surface area (Å²) >= 11 is 0. The molecule has 0 atom stereocenters. The molecule has 0 saturated carbocycles. The van der Waals surface area contributed by atoms with Crippen LogP contribution in [0.25, 0.3) is 22.5 Å². The second-order valence-corrected chi connectivity index (χ2v) is 5.19. The molecule has 0 aliphatic rings. The Hall–Kier alpha value is -2.35. The van der Waals surface area contributed by atoms with Gasteiger partial charge in [0.15, 0.2) is 0 Å². The van der Waals surface area contributed by atoms with E-state index >= 15 is 0 Å². The molecule has 0 aliphatic heterocycles. The minimum Gasteiger partial charge on any atom is -0.262 e. The fraction of sp³-hybridized carbons (Fsp3) is 0.167. The van der Waals surface area contributed by atoms with Gasteiger partial charge in [0, 0.05) is 11.6 Å². The summed E-state index contributed by atoms with van der Waals surface area (Å²) in [7, 11) is 0. The molecule has 0 saturated heterocycles. The van der Waals surface area contributed by atoms with E-state index in [0.29, 0.717) is 6.04 Å². The Labute approximate surface area is 119 Å². The Morgan fingerprint density at radius 1 is 0.800 bits per heavy atom. The van der Waals surface area contributed by atoms with Crippen molar-refractivity contribution in [3.05, 3.63) is 66.7 Å². The van der Waals surface area contributed by atoms with Crippen molar-refractivity contribution in [2.75, 3.05) is 0 Å². The van der Waals surface area contributed by atoms with Crippen LogP contribution in [0.4, 0.5) is 0 Å². The summed E-state index contributed by atoms with van der Waals surface area (Å²) in [6, 6.07) is 23.3. The zero-order valence-electron chi connectivity index (χ0n) is 11.8. The Morgan fingerprint density at radius 3 is 1.90 bits per heavy atom. The Balaban J connectivity index is 2.13. The van der Waals surface area contributed by atoms with Gasteiger partial charge in [-0.05, 0) is 25.5 Å². The first-order valence-corrected chi connectivity index (χ1v) is 6.96. The van der Waals surface area contributed by atoms with E-state index in [1.54, 1.807) is 0 Å². The van der Waals surface area contributed by atoms with Crippen LogP contribution in [0.1, 0.15) is 19.9 Å². The first-order chi connectivity index (χ1) is 9.75. The van der Waals surface area contributed by atoms with Crippen molar-refractivity contribution in [1.29, 1.82) is 0 Å². The van der Waals surface area contributed by atoms with Gasteiger partial charge in [-0.3, -0.25) is 4.68 Å². The van der Waals surface area contributed by atoms with E-state index < -0.39 is 0 Å². The number of nitrogens with zero attached hydrogens (tertiary/aromatic N) is 2. The summed E-state index contributed by atoms with van der Waals surface area (Å²) in [5, 5.41) is 4.77. The topological polar surface area (TPSA) is 17.8 Å². The highest BCUT2D eigenvalue weighted by atomic mass is 15.3. The molecule has 0 aliphatic carbocycles. The van der Waals surface area contributed by atoms with E-state index in [1.807, 2.05) is 24.3 Å². The van der Waals surface area contributed by atoms with Gasteiger partial charge in [-0.25, -0.2) is 0 Å². The number of benzene rings is 2. The third-order valence-corrected chi connectivity index (χ3v) is 3.36. The van der Waals surface area contributed by atoms with Crippen LogP contribution < -0.4 is 0 Å². The molecule has 2 heteroatoms. The van der Waals surface area contributed by atoms with Gasteiger partial charge in [-0.1, -0.05) is 60.7 Å². The zero-order valence-corrected chi connectivity index (χ0v) is 11.8. The average Bonchev–Trinajstić information content (AvgIpc) is 2.94. The van der Waals surface area contributed by atoms with Gasteiger partial charge in [0.25, 0.3) is 0 Å². The maximum Gasteiger partial charge on any atom is 0.0929 e. The van der Waals surface area contributed by atoms with Gasteiger partial charge in [0.05, 0.1) is 11.4 Å². The van der Waals surface area contributed by atoms with Crippen LogP contribution in [-0.4, -0.2) is 9.78 Å². The highest BCUT2D eigenvalue weighted by Gasteiger charge is 2.12. The molecule has 0 unspecified atom stereocenters. The quantitative estimate of drug-likeness (QED) is 0.663. The van der Waals surface area contributed by atoms with Crippen molar-refractivity contribution in [2.24, 2.45) is 0 Å². The fourth-order valence-electron chi connectivity index (χ4n) is 2.36. The van der Waals surface area contributed by atoms with E-state index in [9.17, 15) is 0 Å². The predicted molar refractivity (Wildman–Crippen MR) is 83.5 cm³/mol. The van der Waals surface area contributed by atoms with E-state index in [-0.39, 0.29) is 0 Å². The molecule has 0 spiro atoms. The maximum absolute atomic E-state index is 4.77. The second-order valence-electron chi connectivity index (χ2n) is 5.19. The van der Waals surface area contributed by atoms with Crippen LogP contribution in [0.15, 0.2) is 66.7 Å². The van der Waals surface area contributed by atoms with Crippen molar-refractivity contribution >= 4 is 0 Å². The van der Waals surface area contributed by atoms with Crippen molar-refractivity contribution in [3.8, 4) is 22.5 Å². The molecule has 0 amide bonds. The molecule has 20 heavy (non-hydrogen) atoms. The molecule has 3 aromatic rings. The lowest BCUT2D eigenvalue weighted by Gasteiger charge is -2.10. The summed E-state index contributed by atoms with van der Waals surface area (Å²) < 4.78 is 2.09. The smallest absolute Gasteiger partial charge is 0.0929 e. The average molecular weight is 262 g/mol. The summed E-state index contributed by atoms with van der Waals surface area (Å²) in [5.41, 5.74) is 4.55. The largest absolute Gasteiger partial charge is 0.262 e. The van der Waals surface area contributed by atoms with Crippen LogP contribution in [0.5, 0.6) is 0 Å². The number of rotatable bonds is 3. The van der Waals surface area contributed by atoms with Gasteiger partial charge in [0.2, 0.25) is 0 Å². The monoisotopic (exact) mass is 262 g/mol. The predicted octanol–water partition coefficient (Wildman–Crippen LogP) is 4.80. The van der Waals surface area contributed by atoms with E-state index in [4.69, 9.17) is 5.10 Å². The Bertz CT molecular complexity index is 682. The summed E-state index contributed by atoms with van der Waals surface area (Å²) in [4.78, 5) is 0. The highest BCUT2D eigenvalue weighted by molar-refractivity contribution is 5.68. The summed E-state index contributed by atoms with van der Waals surface area (Å²) in [6.07, 6.45) is 0. The van der Waals surface area contributed by atoms with Crippen LogP contribution in [-0.2, 0) is 0 Å². The van der Waals surface area contributed by atoms with Gasteiger partial charge in [-0.15, -0.1) is 0 Å². The molecular formula is C18H18N2. The third-order valence-electron chi connectivity index (χ3n) is 3.36. The molecule has 0 fully saturated rings. The van der Waals surface area contributed by atoms with Crippen LogP contribution >= 0.6 is 0 Å². The van der Waals surface area contributed by atoms with Gasteiger partial charge in [0.1, 0.15) is 0 Å². The van der Waals surface area contributed by atoms with Crippen molar-refractivity contribution in [2.45, 2.75) is 19.9 Å². The lowest BCUT2D eigenvalue weighted by Crippen LogP contribution is -2.04. The molecule has 0 bridgehead atoms. The van der Waals surface area contributed by atoms with E-state index in [0.717, 1.165) is 11.3 Å². The summed E-state index contributed by atoms with van der Waals surface area (Å²) in [6.45, 7) is 4.32. The Morgan fingerprint density at radius 2 is 1.35 bits per heavy atom. The standard InChI is InChI=1S/C18H18N2/c1-14(2)20-18(16-11-7-4-8-12-16)13-17(19-20)15-9-5-3-6-10-15/h3-14H,1-2H3. The molecule has 1 aromatic heterocycles. The van der Waals surface area contributed by atoms with E-state index in [1.165, 1.54) is 11.3 Å². The van der Waals surface area contributed by atoms with E-state index in [2.05, 4.69) is 61.0 Å². The van der Waals surface area contributed by atoms with Crippen LogP contribution in [0, 0.1) is 0 Å². The fourth-order valence-corrected chi connectivity index (χ4v) is 2.36. The summed E-state index contributed by atoms with van der Waals surface area (Å²) in [5.74, 6) is 0. The zero-order chi connectivity index (χ0) is 13.9. The molecule has 0 radical (unpaired) electrons. The first kappa shape index (κ1) is 12.7. The number of hydrogen-bond acceptors (Lipinski definition) is 1. The van der Waals surface area contributed by atoms with Gasteiger partial charge >= 0.3 is 0 Å².